The van der Waals surface area contributed by atoms with Crippen LogP contribution in [0.15, 0.2) is 28.8 Å². The lowest BCUT2D eigenvalue weighted by molar-refractivity contribution is -0.127. The third-order valence-electron chi connectivity index (χ3n) is 4.63. The summed E-state index contributed by atoms with van der Waals surface area (Å²) < 4.78 is 5.22. The van der Waals surface area contributed by atoms with E-state index in [1.807, 2.05) is 30.9 Å². The van der Waals surface area contributed by atoms with Gasteiger partial charge in [-0.05, 0) is 31.6 Å². The number of benzene rings is 1. The van der Waals surface area contributed by atoms with Crippen molar-refractivity contribution in [2.24, 2.45) is 0 Å². The summed E-state index contributed by atoms with van der Waals surface area (Å²) in [7, 11) is 0. The molecule has 1 amide bonds. The molecule has 0 N–H and O–H groups in total. The summed E-state index contributed by atoms with van der Waals surface area (Å²) in [6, 6.07) is 5.37. The summed E-state index contributed by atoms with van der Waals surface area (Å²) in [6.45, 7) is 7.71. The molecule has 1 aromatic heterocycles. The minimum absolute atomic E-state index is 0.0157. The minimum atomic E-state index is -0.0157. The number of aryl methyl sites for hydroxylation is 2. The van der Waals surface area contributed by atoms with E-state index < -0.39 is 0 Å². The first-order valence-electron chi connectivity index (χ1n) is 8.51. The number of amides is 1. The number of hydrogen-bond donors (Lipinski definition) is 0. The van der Waals surface area contributed by atoms with Crippen molar-refractivity contribution in [1.82, 2.24) is 15.0 Å². The van der Waals surface area contributed by atoms with Crippen LogP contribution in [0.25, 0.3) is 6.08 Å². The van der Waals surface area contributed by atoms with E-state index in [9.17, 15) is 4.79 Å². The molecule has 1 aliphatic heterocycles. The quantitative estimate of drug-likeness (QED) is 0.737. The van der Waals surface area contributed by atoms with Crippen LogP contribution in [0.4, 0.5) is 0 Å². The molecule has 1 aromatic carbocycles. The number of aromatic nitrogens is 1. The first kappa shape index (κ1) is 19.0. The number of halogens is 2. The number of piperazine rings is 1. The van der Waals surface area contributed by atoms with Crippen LogP contribution in [0.2, 0.25) is 10.0 Å². The Hall–Kier alpha value is -1.82. The molecule has 7 heteroatoms. The van der Waals surface area contributed by atoms with Gasteiger partial charge in [0.1, 0.15) is 5.76 Å². The van der Waals surface area contributed by atoms with Gasteiger partial charge in [-0.1, -0.05) is 40.5 Å². The van der Waals surface area contributed by atoms with E-state index >= 15 is 0 Å². The molecule has 1 aliphatic rings. The van der Waals surface area contributed by atoms with E-state index in [1.54, 1.807) is 18.2 Å². The van der Waals surface area contributed by atoms with Gasteiger partial charge in [-0.2, -0.15) is 0 Å². The Morgan fingerprint density at radius 1 is 1.23 bits per heavy atom. The molecule has 2 heterocycles. The largest absolute Gasteiger partial charge is 0.361 e. The first-order valence-corrected chi connectivity index (χ1v) is 9.26. The SMILES string of the molecule is Cc1noc(C)c1CN1CCN(C(=O)C=Cc2cccc(Cl)c2Cl)CC1. The molecule has 1 saturated heterocycles. The molecular weight excluding hydrogens is 373 g/mol. The normalized spacial score (nSPS) is 15.8. The van der Waals surface area contributed by atoms with Crippen molar-refractivity contribution in [2.45, 2.75) is 20.4 Å². The molecule has 3 rings (SSSR count). The smallest absolute Gasteiger partial charge is 0.246 e. The molecule has 138 valence electrons. The Bertz CT molecular complexity index is 805. The molecule has 5 nitrogen and oxygen atoms in total. The van der Waals surface area contributed by atoms with Gasteiger partial charge in [0.05, 0.1) is 15.7 Å². The summed E-state index contributed by atoms with van der Waals surface area (Å²) >= 11 is 12.1. The topological polar surface area (TPSA) is 49.6 Å². The van der Waals surface area contributed by atoms with Gasteiger partial charge >= 0.3 is 0 Å². The average molecular weight is 394 g/mol. The van der Waals surface area contributed by atoms with E-state index in [0.29, 0.717) is 23.1 Å². The Kier molecular flexibility index (Phi) is 6.01. The van der Waals surface area contributed by atoms with Gasteiger partial charge in [0.2, 0.25) is 5.91 Å². The maximum atomic E-state index is 12.4. The summed E-state index contributed by atoms with van der Waals surface area (Å²) in [5.41, 5.74) is 2.81. The van der Waals surface area contributed by atoms with Gasteiger partial charge in [0, 0.05) is 44.4 Å². The lowest BCUT2D eigenvalue weighted by Gasteiger charge is -2.34. The Morgan fingerprint density at radius 3 is 2.62 bits per heavy atom. The van der Waals surface area contributed by atoms with Gasteiger partial charge in [0.15, 0.2) is 0 Å². The predicted octanol–water partition coefficient (Wildman–Crippen LogP) is 3.96. The second-order valence-corrected chi connectivity index (χ2v) is 7.17. The molecule has 0 radical (unpaired) electrons. The first-order chi connectivity index (χ1) is 12.5. The predicted molar refractivity (Wildman–Crippen MR) is 103 cm³/mol. The summed E-state index contributed by atoms with van der Waals surface area (Å²) in [5, 5.41) is 4.94. The molecule has 0 saturated carbocycles. The molecule has 0 spiro atoms. The fourth-order valence-corrected chi connectivity index (χ4v) is 3.36. The highest BCUT2D eigenvalue weighted by atomic mass is 35.5. The minimum Gasteiger partial charge on any atom is -0.361 e. The Morgan fingerprint density at radius 2 is 1.96 bits per heavy atom. The summed E-state index contributed by atoms with van der Waals surface area (Å²) in [5.74, 6) is 0.848. The number of rotatable bonds is 4. The van der Waals surface area contributed by atoms with Gasteiger partial charge in [0.25, 0.3) is 0 Å². The highest BCUT2D eigenvalue weighted by Gasteiger charge is 2.21. The second kappa shape index (κ2) is 8.25. The molecular formula is C19H21Cl2N3O2. The van der Waals surface area contributed by atoms with Crippen LogP contribution in [0.3, 0.4) is 0 Å². The zero-order valence-electron chi connectivity index (χ0n) is 14.8. The number of nitrogens with zero attached hydrogens (tertiary/aromatic N) is 3. The zero-order valence-corrected chi connectivity index (χ0v) is 16.3. The molecule has 0 bridgehead atoms. The van der Waals surface area contributed by atoms with Crippen molar-refractivity contribution in [3.63, 3.8) is 0 Å². The molecule has 0 unspecified atom stereocenters. The lowest BCUT2D eigenvalue weighted by Crippen LogP contribution is -2.47. The van der Waals surface area contributed by atoms with Crippen LogP contribution < -0.4 is 0 Å². The van der Waals surface area contributed by atoms with Crippen molar-refractivity contribution >= 4 is 35.2 Å². The van der Waals surface area contributed by atoms with Crippen LogP contribution in [0.5, 0.6) is 0 Å². The zero-order chi connectivity index (χ0) is 18.7. The third-order valence-corrected chi connectivity index (χ3v) is 5.47. The maximum absolute atomic E-state index is 12.4. The van der Waals surface area contributed by atoms with Crippen LogP contribution in [-0.2, 0) is 11.3 Å². The number of carbonyl (C=O) groups excluding carboxylic acids is 1. The van der Waals surface area contributed by atoms with Crippen LogP contribution in [-0.4, -0.2) is 47.0 Å². The fourth-order valence-electron chi connectivity index (χ4n) is 2.99. The van der Waals surface area contributed by atoms with Gasteiger partial charge in [-0.15, -0.1) is 0 Å². The second-order valence-electron chi connectivity index (χ2n) is 6.38. The highest BCUT2D eigenvalue weighted by Crippen LogP contribution is 2.26. The Balaban J connectivity index is 1.55. The Labute approximate surface area is 163 Å². The average Bonchev–Trinajstić information content (AvgIpc) is 2.95. The van der Waals surface area contributed by atoms with Crippen LogP contribution >= 0.6 is 23.2 Å². The number of carbonyl (C=O) groups is 1. The highest BCUT2D eigenvalue weighted by molar-refractivity contribution is 6.42. The van der Waals surface area contributed by atoms with E-state index in [4.69, 9.17) is 27.7 Å². The van der Waals surface area contributed by atoms with E-state index in [1.165, 1.54) is 0 Å². The van der Waals surface area contributed by atoms with Crippen molar-refractivity contribution < 1.29 is 9.32 Å². The van der Waals surface area contributed by atoms with Crippen molar-refractivity contribution in [3.8, 4) is 0 Å². The van der Waals surface area contributed by atoms with E-state index in [2.05, 4.69) is 10.1 Å². The summed E-state index contributed by atoms with van der Waals surface area (Å²) in [4.78, 5) is 16.6. The van der Waals surface area contributed by atoms with E-state index in [0.717, 1.165) is 42.2 Å². The summed E-state index contributed by atoms with van der Waals surface area (Å²) in [6.07, 6.45) is 3.27. The monoisotopic (exact) mass is 393 g/mol. The number of hydrogen-bond acceptors (Lipinski definition) is 4. The molecule has 2 aromatic rings. The molecule has 26 heavy (non-hydrogen) atoms. The lowest BCUT2D eigenvalue weighted by atomic mass is 10.1. The van der Waals surface area contributed by atoms with Gasteiger partial charge in [-0.25, -0.2) is 0 Å². The van der Waals surface area contributed by atoms with Crippen molar-refractivity contribution in [2.75, 3.05) is 26.2 Å². The standard InChI is InChI=1S/C19H21Cl2N3O2/c1-13-16(14(2)26-22-13)12-23-8-10-24(11-9-23)18(25)7-6-15-4-3-5-17(20)19(15)21/h3-7H,8-12H2,1-2H3. The van der Waals surface area contributed by atoms with Crippen molar-refractivity contribution in [1.29, 1.82) is 0 Å². The molecule has 1 fully saturated rings. The molecule has 0 atom stereocenters. The molecule has 0 aliphatic carbocycles. The van der Waals surface area contributed by atoms with Crippen LogP contribution in [0, 0.1) is 13.8 Å². The van der Waals surface area contributed by atoms with Gasteiger partial charge < -0.3 is 9.42 Å². The fraction of sp³-hybridized carbons (Fsp3) is 0.368. The third kappa shape index (κ3) is 4.29. The van der Waals surface area contributed by atoms with Crippen molar-refractivity contribution in [3.05, 3.63) is 56.9 Å². The van der Waals surface area contributed by atoms with Crippen LogP contribution in [0.1, 0.15) is 22.6 Å². The maximum Gasteiger partial charge on any atom is 0.246 e. The van der Waals surface area contributed by atoms with E-state index in [-0.39, 0.29) is 5.91 Å². The van der Waals surface area contributed by atoms with Gasteiger partial charge in [-0.3, -0.25) is 9.69 Å².